The molecule has 16 heavy (non-hydrogen) atoms. The molecule has 0 aliphatic carbocycles. The van der Waals surface area contributed by atoms with E-state index in [0.29, 0.717) is 13.2 Å². The Kier molecular flexibility index (Phi) is 5.22. The second-order valence-corrected chi connectivity index (χ2v) is 4.95. The van der Waals surface area contributed by atoms with Gasteiger partial charge in [-0.25, -0.2) is 0 Å². The smallest absolute Gasteiger partial charge is 0.234 e. The molecule has 1 heterocycles. The second-order valence-electron chi connectivity index (χ2n) is 4.95. The lowest BCUT2D eigenvalue weighted by atomic mass is 9.95. The molecular formula is C12H24N2O2. The third kappa shape index (κ3) is 4.49. The minimum absolute atomic E-state index is 0.0367. The first kappa shape index (κ1) is 13.5. The van der Waals surface area contributed by atoms with Crippen molar-refractivity contribution in [3.63, 3.8) is 0 Å². The molecule has 0 bridgehead atoms. The number of amides is 1. The highest BCUT2D eigenvalue weighted by molar-refractivity contribution is 5.78. The highest BCUT2D eigenvalue weighted by Gasteiger charge is 2.27. The van der Waals surface area contributed by atoms with Gasteiger partial charge in [-0.05, 0) is 33.1 Å². The number of ether oxygens (including phenoxy) is 1. The molecule has 4 heteroatoms. The molecule has 1 amide bonds. The standard InChI is InChI=1S/C12H24N2O2/c1-4-10(2)14-11(15)8-13-12(3)6-5-7-16-9-12/h10,13H,4-9H2,1-3H3,(H,14,15). The molecule has 2 unspecified atom stereocenters. The van der Waals surface area contributed by atoms with E-state index in [-0.39, 0.29) is 17.5 Å². The first-order valence-corrected chi connectivity index (χ1v) is 6.18. The van der Waals surface area contributed by atoms with Crippen LogP contribution >= 0.6 is 0 Å². The van der Waals surface area contributed by atoms with Gasteiger partial charge in [-0.2, -0.15) is 0 Å². The highest BCUT2D eigenvalue weighted by atomic mass is 16.5. The van der Waals surface area contributed by atoms with Crippen LogP contribution in [0.2, 0.25) is 0 Å². The molecule has 1 rings (SSSR count). The summed E-state index contributed by atoms with van der Waals surface area (Å²) < 4.78 is 5.43. The zero-order valence-corrected chi connectivity index (χ0v) is 10.6. The van der Waals surface area contributed by atoms with E-state index in [1.165, 1.54) is 0 Å². The van der Waals surface area contributed by atoms with E-state index in [2.05, 4.69) is 24.5 Å². The van der Waals surface area contributed by atoms with Gasteiger partial charge in [0.05, 0.1) is 13.2 Å². The van der Waals surface area contributed by atoms with E-state index in [1.807, 2.05) is 6.92 Å². The van der Waals surface area contributed by atoms with E-state index in [1.54, 1.807) is 0 Å². The fourth-order valence-electron chi connectivity index (χ4n) is 1.79. The van der Waals surface area contributed by atoms with E-state index < -0.39 is 0 Å². The lowest BCUT2D eigenvalue weighted by Crippen LogP contribution is -2.52. The minimum atomic E-state index is -0.0367. The van der Waals surface area contributed by atoms with Crippen molar-refractivity contribution in [1.29, 1.82) is 0 Å². The van der Waals surface area contributed by atoms with Crippen molar-refractivity contribution in [1.82, 2.24) is 10.6 Å². The van der Waals surface area contributed by atoms with Gasteiger partial charge in [-0.1, -0.05) is 6.92 Å². The molecule has 0 aromatic heterocycles. The van der Waals surface area contributed by atoms with Gasteiger partial charge in [0, 0.05) is 18.2 Å². The van der Waals surface area contributed by atoms with E-state index in [4.69, 9.17) is 4.74 Å². The first-order chi connectivity index (χ1) is 7.56. The van der Waals surface area contributed by atoms with Crippen LogP contribution in [0.15, 0.2) is 0 Å². The Hall–Kier alpha value is -0.610. The zero-order chi connectivity index (χ0) is 12.0. The number of rotatable bonds is 5. The molecule has 0 aromatic carbocycles. The number of nitrogens with one attached hydrogen (secondary N) is 2. The van der Waals surface area contributed by atoms with Crippen LogP contribution in [0.25, 0.3) is 0 Å². The maximum absolute atomic E-state index is 11.6. The van der Waals surface area contributed by atoms with Crippen LogP contribution in [0.3, 0.4) is 0 Å². The normalized spacial score (nSPS) is 27.4. The summed E-state index contributed by atoms with van der Waals surface area (Å²) in [6.07, 6.45) is 3.10. The summed E-state index contributed by atoms with van der Waals surface area (Å²) in [7, 11) is 0. The van der Waals surface area contributed by atoms with E-state index >= 15 is 0 Å². The topological polar surface area (TPSA) is 50.4 Å². The van der Waals surface area contributed by atoms with Gasteiger partial charge in [-0.3, -0.25) is 4.79 Å². The molecule has 94 valence electrons. The Morgan fingerprint density at radius 1 is 1.56 bits per heavy atom. The third-order valence-corrected chi connectivity index (χ3v) is 3.13. The Balaban J connectivity index is 2.24. The quantitative estimate of drug-likeness (QED) is 0.740. The lowest BCUT2D eigenvalue weighted by molar-refractivity contribution is -0.121. The van der Waals surface area contributed by atoms with E-state index in [9.17, 15) is 4.79 Å². The molecule has 1 aliphatic rings. The van der Waals surface area contributed by atoms with Gasteiger partial charge >= 0.3 is 0 Å². The average Bonchev–Trinajstić information content (AvgIpc) is 2.27. The number of carbonyl (C=O) groups excluding carboxylic acids is 1. The predicted octanol–water partition coefficient (Wildman–Crippen LogP) is 1.06. The maximum atomic E-state index is 11.6. The van der Waals surface area contributed by atoms with Gasteiger partial charge in [0.2, 0.25) is 5.91 Å². The van der Waals surface area contributed by atoms with Crippen LogP contribution in [-0.2, 0) is 9.53 Å². The van der Waals surface area contributed by atoms with Crippen molar-refractivity contribution in [3.05, 3.63) is 0 Å². The van der Waals surface area contributed by atoms with Crippen molar-refractivity contribution in [2.24, 2.45) is 0 Å². The Morgan fingerprint density at radius 2 is 2.31 bits per heavy atom. The second kappa shape index (κ2) is 6.21. The molecule has 0 saturated carbocycles. The summed E-state index contributed by atoms with van der Waals surface area (Å²) in [5.41, 5.74) is -0.0367. The van der Waals surface area contributed by atoms with Crippen molar-refractivity contribution < 1.29 is 9.53 Å². The zero-order valence-electron chi connectivity index (χ0n) is 10.6. The van der Waals surface area contributed by atoms with Gasteiger partial charge in [0.1, 0.15) is 0 Å². The summed E-state index contributed by atoms with van der Waals surface area (Å²) >= 11 is 0. The first-order valence-electron chi connectivity index (χ1n) is 6.18. The fourth-order valence-corrected chi connectivity index (χ4v) is 1.79. The fraction of sp³-hybridized carbons (Fsp3) is 0.917. The molecule has 4 nitrogen and oxygen atoms in total. The number of hydrogen-bond acceptors (Lipinski definition) is 3. The predicted molar refractivity (Wildman–Crippen MR) is 64.4 cm³/mol. The van der Waals surface area contributed by atoms with Crippen LogP contribution in [0.1, 0.15) is 40.0 Å². The number of hydrogen-bond donors (Lipinski definition) is 2. The highest BCUT2D eigenvalue weighted by Crippen LogP contribution is 2.17. The molecular weight excluding hydrogens is 204 g/mol. The monoisotopic (exact) mass is 228 g/mol. The molecule has 1 saturated heterocycles. The van der Waals surface area contributed by atoms with Gasteiger partial charge in [-0.15, -0.1) is 0 Å². The van der Waals surface area contributed by atoms with Crippen LogP contribution in [-0.4, -0.2) is 37.2 Å². The average molecular weight is 228 g/mol. The number of carbonyl (C=O) groups is 1. The van der Waals surface area contributed by atoms with Crippen LogP contribution in [0.4, 0.5) is 0 Å². The lowest BCUT2D eigenvalue weighted by Gasteiger charge is -2.34. The molecule has 0 radical (unpaired) electrons. The molecule has 2 N–H and O–H groups in total. The van der Waals surface area contributed by atoms with Crippen LogP contribution < -0.4 is 10.6 Å². The summed E-state index contributed by atoms with van der Waals surface area (Å²) in [5.74, 6) is 0.0705. The molecule has 1 fully saturated rings. The van der Waals surface area contributed by atoms with Crippen molar-refractivity contribution in [3.8, 4) is 0 Å². The van der Waals surface area contributed by atoms with Crippen molar-refractivity contribution in [2.45, 2.75) is 51.6 Å². The Morgan fingerprint density at radius 3 is 2.88 bits per heavy atom. The van der Waals surface area contributed by atoms with Gasteiger partial charge in [0.15, 0.2) is 0 Å². The largest absolute Gasteiger partial charge is 0.380 e. The minimum Gasteiger partial charge on any atom is -0.380 e. The molecule has 0 aromatic rings. The molecule has 2 atom stereocenters. The Bertz CT molecular complexity index is 225. The summed E-state index contributed by atoms with van der Waals surface area (Å²) in [5, 5.41) is 6.23. The van der Waals surface area contributed by atoms with Crippen LogP contribution in [0, 0.1) is 0 Å². The van der Waals surface area contributed by atoms with Crippen molar-refractivity contribution in [2.75, 3.05) is 19.8 Å². The van der Waals surface area contributed by atoms with Gasteiger partial charge in [0.25, 0.3) is 0 Å². The maximum Gasteiger partial charge on any atom is 0.234 e. The summed E-state index contributed by atoms with van der Waals surface area (Å²) in [6.45, 7) is 8.12. The molecule has 0 spiro atoms. The third-order valence-electron chi connectivity index (χ3n) is 3.13. The Labute approximate surface area is 98.1 Å². The molecule has 1 aliphatic heterocycles. The van der Waals surface area contributed by atoms with Gasteiger partial charge < -0.3 is 15.4 Å². The summed E-state index contributed by atoms with van der Waals surface area (Å²) in [4.78, 5) is 11.6. The van der Waals surface area contributed by atoms with Crippen LogP contribution in [0.5, 0.6) is 0 Å². The SMILES string of the molecule is CCC(C)NC(=O)CNC1(C)CCCOC1. The van der Waals surface area contributed by atoms with Crippen molar-refractivity contribution >= 4 is 5.91 Å². The summed E-state index contributed by atoms with van der Waals surface area (Å²) in [6, 6.07) is 0.254. The van der Waals surface area contributed by atoms with E-state index in [0.717, 1.165) is 25.9 Å².